The van der Waals surface area contributed by atoms with Gasteiger partial charge in [0, 0.05) is 19.2 Å². The van der Waals surface area contributed by atoms with Gasteiger partial charge in [0.1, 0.15) is 11.7 Å². The van der Waals surface area contributed by atoms with Crippen LogP contribution < -0.4 is 5.32 Å². The van der Waals surface area contributed by atoms with Crippen molar-refractivity contribution >= 4 is 40.5 Å². The fraction of sp³-hybridized carbons (Fsp3) is 0.462. The van der Waals surface area contributed by atoms with Crippen molar-refractivity contribution in [3.63, 3.8) is 0 Å². The quantitative estimate of drug-likeness (QED) is 0.678. The third-order valence-electron chi connectivity index (χ3n) is 3.40. The van der Waals surface area contributed by atoms with Gasteiger partial charge in [-0.25, -0.2) is 0 Å². The molecule has 0 saturated carbocycles. The highest BCUT2D eigenvalue weighted by molar-refractivity contribution is 6.42. The number of carbonyl (C=O) groups is 1. The number of nitrogens with zero attached hydrogens (tertiary/aromatic N) is 2. The number of anilines is 1. The van der Waals surface area contributed by atoms with Crippen molar-refractivity contribution in [1.29, 1.82) is 0 Å². The normalized spacial score (nSPS) is 15.9. The van der Waals surface area contributed by atoms with Crippen LogP contribution >= 0.6 is 23.2 Å². The first-order valence-corrected chi connectivity index (χ1v) is 7.34. The van der Waals surface area contributed by atoms with Gasteiger partial charge in [-0.05, 0) is 25.8 Å². The highest BCUT2D eigenvalue weighted by atomic mass is 35.5. The summed E-state index contributed by atoms with van der Waals surface area (Å²) in [4.78, 5) is 24.5. The molecule has 1 amide bonds. The Morgan fingerprint density at radius 1 is 1.33 bits per heavy atom. The highest BCUT2D eigenvalue weighted by Crippen LogP contribution is 2.34. The number of benzene rings is 1. The molecule has 0 aromatic heterocycles. The fourth-order valence-electron chi connectivity index (χ4n) is 2.31. The van der Waals surface area contributed by atoms with E-state index in [0.29, 0.717) is 0 Å². The van der Waals surface area contributed by atoms with Gasteiger partial charge in [-0.2, -0.15) is 0 Å². The van der Waals surface area contributed by atoms with Gasteiger partial charge in [0.2, 0.25) is 5.91 Å². The van der Waals surface area contributed by atoms with Gasteiger partial charge in [0.15, 0.2) is 0 Å². The summed E-state index contributed by atoms with van der Waals surface area (Å²) in [7, 11) is 0. The molecule has 21 heavy (non-hydrogen) atoms. The fourth-order valence-corrected chi connectivity index (χ4v) is 2.63. The maximum absolute atomic E-state index is 12.2. The molecule has 0 aliphatic carbocycles. The molecule has 0 spiro atoms. The molecule has 1 heterocycles. The summed E-state index contributed by atoms with van der Waals surface area (Å²) in [5.41, 5.74) is -0.0140. The third kappa shape index (κ3) is 3.57. The smallest absolute Gasteiger partial charge is 0.293 e. The molecule has 2 rings (SSSR count). The van der Waals surface area contributed by atoms with E-state index in [0.717, 1.165) is 25.9 Å². The van der Waals surface area contributed by atoms with Crippen LogP contribution in [0.1, 0.15) is 19.8 Å². The molecule has 1 N–H and O–H groups in total. The molecule has 114 valence electrons. The van der Waals surface area contributed by atoms with Gasteiger partial charge in [0.05, 0.1) is 15.0 Å². The summed E-state index contributed by atoms with van der Waals surface area (Å²) in [6.45, 7) is 3.13. The lowest BCUT2D eigenvalue weighted by molar-refractivity contribution is -0.384. The lowest BCUT2D eigenvalue weighted by Crippen LogP contribution is -2.39. The number of rotatable bonds is 4. The van der Waals surface area contributed by atoms with Crippen molar-refractivity contribution in [3.8, 4) is 0 Å². The molecule has 1 fully saturated rings. The van der Waals surface area contributed by atoms with E-state index in [1.807, 2.05) is 0 Å². The molecule has 0 bridgehead atoms. The second-order valence-electron chi connectivity index (χ2n) is 4.94. The van der Waals surface area contributed by atoms with Crippen molar-refractivity contribution in [2.75, 3.05) is 18.4 Å². The second kappa shape index (κ2) is 6.49. The van der Waals surface area contributed by atoms with Crippen LogP contribution in [0.3, 0.4) is 0 Å². The summed E-state index contributed by atoms with van der Waals surface area (Å²) >= 11 is 11.7. The molecule has 1 aromatic rings. The number of carbonyl (C=O) groups excluding carboxylic acids is 1. The van der Waals surface area contributed by atoms with Crippen LogP contribution in [-0.2, 0) is 4.79 Å². The molecule has 1 atom stereocenters. The van der Waals surface area contributed by atoms with E-state index in [2.05, 4.69) is 5.32 Å². The standard InChI is InChI=1S/C13H15Cl2N3O3/c1-8(13(19)17-4-2-3-5-17)16-11-6-9(14)10(15)7-12(11)18(20)21/h6-8,16H,2-5H2,1H3. The minimum absolute atomic E-state index is 0.0760. The van der Waals surface area contributed by atoms with Gasteiger partial charge in [-0.3, -0.25) is 14.9 Å². The SMILES string of the molecule is CC(Nc1cc(Cl)c(Cl)cc1[N+](=O)[O-])C(=O)N1CCCC1. The van der Waals surface area contributed by atoms with Crippen LogP contribution in [0, 0.1) is 10.1 Å². The first-order chi connectivity index (χ1) is 9.90. The van der Waals surface area contributed by atoms with Crippen LogP contribution in [-0.4, -0.2) is 34.9 Å². The minimum Gasteiger partial charge on any atom is -0.368 e. The maximum Gasteiger partial charge on any atom is 0.293 e. The molecular weight excluding hydrogens is 317 g/mol. The molecule has 8 heteroatoms. The number of nitro benzene ring substituents is 1. The summed E-state index contributed by atoms with van der Waals surface area (Å²) in [6.07, 6.45) is 1.98. The van der Waals surface area contributed by atoms with Crippen molar-refractivity contribution in [3.05, 3.63) is 32.3 Å². The summed E-state index contributed by atoms with van der Waals surface area (Å²) < 4.78 is 0. The van der Waals surface area contributed by atoms with E-state index in [9.17, 15) is 14.9 Å². The molecule has 6 nitrogen and oxygen atoms in total. The first-order valence-electron chi connectivity index (χ1n) is 6.59. The van der Waals surface area contributed by atoms with E-state index >= 15 is 0 Å². The zero-order valence-electron chi connectivity index (χ0n) is 11.4. The average Bonchev–Trinajstić information content (AvgIpc) is 2.95. The topological polar surface area (TPSA) is 75.5 Å². The van der Waals surface area contributed by atoms with Crippen LogP contribution in [0.15, 0.2) is 12.1 Å². The number of hydrogen-bond acceptors (Lipinski definition) is 4. The maximum atomic E-state index is 12.2. The number of halogens is 2. The number of nitro groups is 1. The zero-order valence-corrected chi connectivity index (χ0v) is 12.9. The molecule has 1 aliphatic rings. The van der Waals surface area contributed by atoms with E-state index in [4.69, 9.17) is 23.2 Å². The number of nitrogens with one attached hydrogen (secondary N) is 1. The summed E-state index contributed by atoms with van der Waals surface area (Å²) in [6, 6.07) is 1.98. The number of hydrogen-bond donors (Lipinski definition) is 1. The molecular formula is C13H15Cl2N3O3. The Morgan fingerprint density at radius 3 is 2.48 bits per heavy atom. The van der Waals surface area contributed by atoms with Crippen molar-refractivity contribution in [1.82, 2.24) is 4.90 Å². The van der Waals surface area contributed by atoms with Gasteiger partial charge in [-0.1, -0.05) is 23.2 Å². The van der Waals surface area contributed by atoms with Crippen molar-refractivity contribution in [2.24, 2.45) is 0 Å². The lowest BCUT2D eigenvalue weighted by atomic mass is 10.2. The van der Waals surface area contributed by atoms with Gasteiger partial charge in [0.25, 0.3) is 5.69 Å². The zero-order chi connectivity index (χ0) is 15.6. The molecule has 1 aromatic carbocycles. The van der Waals surface area contributed by atoms with Gasteiger partial charge >= 0.3 is 0 Å². The van der Waals surface area contributed by atoms with Crippen LogP contribution in [0.5, 0.6) is 0 Å². The third-order valence-corrected chi connectivity index (χ3v) is 4.12. The van der Waals surface area contributed by atoms with E-state index in [1.165, 1.54) is 12.1 Å². The second-order valence-corrected chi connectivity index (χ2v) is 5.75. The van der Waals surface area contributed by atoms with Gasteiger partial charge in [-0.15, -0.1) is 0 Å². The van der Waals surface area contributed by atoms with Gasteiger partial charge < -0.3 is 10.2 Å². The Hall–Kier alpha value is -1.53. The molecule has 1 saturated heterocycles. The highest BCUT2D eigenvalue weighted by Gasteiger charge is 2.25. The molecule has 1 aliphatic heterocycles. The number of likely N-dealkylation sites (tertiary alicyclic amines) is 1. The number of amides is 1. The Labute approximate surface area is 132 Å². The Balaban J connectivity index is 2.19. The minimum atomic E-state index is -0.570. The summed E-state index contributed by atoms with van der Waals surface area (Å²) in [5, 5.41) is 14.2. The van der Waals surface area contributed by atoms with E-state index in [1.54, 1.807) is 11.8 Å². The molecule has 0 radical (unpaired) electrons. The lowest BCUT2D eigenvalue weighted by Gasteiger charge is -2.22. The van der Waals surface area contributed by atoms with Crippen LogP contribution in [0.4, 0.5) is 11.4 Å². The summed E-state index contributed by atoms with van der Waals surface area (Å²) in [5.74, 6) is -0.0760. The van der Waals surface area contributed by atoms with Crippen molar-refractivity contribution in [2.45, 2.75) is 25.8 Å². The Morgan fingerprint density at radius 2 is 1.90 bits per heavy atom. The van der Waals surface area contributed by atoms with E-state index < -0.39 is 11.0 Å². The monoisotopic (exact) mass is 331 g/mol. The Kier molecular flexibility index (Phi) is 4.90. The predicted molar refractivity (Wildman–Crippen MR) is 82.0 cm³/mol. The van der Waals surface area contributed by atoms with Crippen LogP contribution in [0.2, 0.25) is 10.0 Å². The molecule has 1 unspecified atom stereocenters. The average molecular weight is 332 g/mol. The largest absolute Gasteiger partial charge is 0.368 e. The van der Waals surface area contributed by atoms with E-state index in [-0.39, 0.29) is 27.3 Å². The van der Waals surface area contributed by atoms with Crippen molar-refractivity contribution < 1.29 is 9.72 Å². The van der Waals surface area contributed by atoms with Crippen LogP contribution in [0.25, 0.3) is 0 Å². The predicted octanol–water partition coefficient (Wildman–Crippen LogP) is 3.32. The first kappa shape index (κ1) is 15.9. The Bertz CT molecular complexity index is 574.